The third kappa shape index (κ3) is 3.34. The Bertz CT molecular complexity index is 834. The molecule has 2 atom stereocenters. The van der Waals surface area contributed by atoms with Crippen molar-refractivity contribution in [1.29, 1.82) is 0 Å². The molecule has 0 spiro atoms. The van der Waals surface area contributed by atoms with Gasteiger partial charge in [0.05, 0.1) is 0 Å². The average Bonchev–Trinajstić information content (AvgIpc) is 2.96. The van der Waals surface area contributed by atoms with Gasteiger partial charge in [-0.25, -0.2) is 4.39 Å². The fourth-order valence-electron chi connectivity index (χ4n) is 4.57. The Morgan fingerprint density at radius 3 is 2.04 bits per heavy atom. The zero-order valence-corrected chi connectivity index (χ0v) is 15.3. The van der Waals surface area contributed by atoms with Gasteiger partial charge < -0.3 is 10.2 Å². The van der Waals surface area contributed by atoms with Crippen LogP contribution in [0.1, 0.15) is 57.9 Å². The summed E-state index contributed by atoms with van der Waals surface area (Å²) in [7, 11) is 1.59. The number of piperidine rings is 1. The highest BCUT2D eigenvalue weighted by Crippen LogP contribution is 2.43. The molecule has 2 aromatic rings. The molecule has 5 heteroatoms. The van der Waals surface area contributed by atoms with E-state index < -0.39 is 0 Å². The molecule has 2 fully saturated rings. The molecule has 0 radical (unpaired) electrons. The molecule has 2 amide bonds. The monoisotopic (exact) mass is 366 g/mol. The Balaban J connectivity index is 1.50. The molecular formula is C22H23FN2O2. The number of hydrogen-bond donors (Lipinski definition) is 1. The Morgan fingerprint density at radius 1 is 0.926 bits per heavy atom. The number of halogens is 1. The minimum Gasteiger partial charge on any atom is -0.355 e. The normalized spacial score (nSPS) is 23.9. The van der Waals surface area contributed by atoms with Crippen LogP contribution in [-0.4, -0.2) is 35.8 Å². The number of rotatable bonds is 3. The van der Waals surface area contributed by atoms with Gasteiger partial charge >= 0.3 is 0 Å². The standard InChI is InChI=1S/C22H23FN2O2/c1-24-21(26)15-2-4-16(5-3-15)22(27)25-19-10-11-20(25)13-17(12-19)14-6-8-18(23)9-7-14/h2-9,17,19-20H,10-13H2,1H3,(H,24,26). The zero-order chi connectivity index (χ0) is 19.0. The van der Waals surface area contributed by atoms with E-state index in [0.717, 1.165) is 31.2 Å². The number of carbonyl (C=O) groups excluding carboxylic acids is 2. The molecule has 2 aromatic carbocycles. The molecule has 2 aliphatic rings. The maximum atomic E-state index is 13.2. The SMILES string of the molecule is CNC(=O)c1ccc(C(=O)N2C3CCC2CC(c2ccc(F)cc2)C3)cc1. The molecule has 4 rings (SSSR count). The first kappa shape index (κ1) is 17.7. The van der Waals surface area contributed by atoms with Crippen molar-refractivity contribution in [3.63, 3.8) is 0 Å². The molecule has 27 heavy (non-hydrogen) atoms. The second-order valence-corrected chi connectivity index (χ2v) is 7.47. The first-order valence-electron chi connectivity index (χ1n) is 9.47. The van der Waals surface area contributed by atoms with E-state index in [1.54, 1.807) is 31.3 Å². The van der Waals surface area contributed by atoms with Gasteiger partial charge in [-0.05, 0) is 73.6 Å². The van der Waals surface area contributed by atoms with Crippen molar-refractivity contribution in [1.82, 2.24) is 10.2 Å². The van der Waals surface area contributed by atoms with E-state index in [1.165, 1.54) is 12.1 Å². The second kappa shape index (κ2) is 7.14. The Morgan fingerprint density at radius 2 is 1.48 bits per heavy atom. The quantitative estimate of drug-likeness (QED) is 0.900. The van der Waals surface area contributed by atoms with E-state index in [0.29, 0.717) is 17.0 Å². The van der Waals surface area contributed by atoms with E-state index in [4.69, 9.17) is 0 Å². The smallest absolute Gasteiger partial charge is 0.254 e. The summed E-state index contributed by atoms with van der Waals surface area (Å²) in [5, 5.41) is 2.58. The summed E-state index contributed by atoms with van der Waals surface area (Å²) >= 11 is 0. The molecule has 2 aliphatic heterocycles. The summed E-state index contributed by atoms with van der Waals surface area (Å²) in [6, 6.07) is 14.1. The lowest BCUT2D eigenvalue weighted by Gasteiger charge is -2.39. The summed E-state index contributed by atoms with van der Waals surface area (Å²) in [4.78, 5) is 26.8. The maximum Gasteiger partial charge on any atom is 0.254 e. The van der Waals surface area contributed by atoms with Crippen LogP contribution in [0.3, 0.4) is 0 Å². The number of carbonyl (C=O) groups is 2. The van der Waals surface area contributed by atoms with Crippen LogP contribution in [0.2, 0.25) is 0 Å². The number of benzene rings is 2. The summed E-state index contributed by atoms with van der Waals surface area (Å²) in [6.45, 7) is 0. The van der Waals surface area contributed by atoms with Crippen molar-refractivity contribution in [2.24, 2.45) is 0 Å². The van der Waals surface area contributed by atoms with Gasteiger partial charge in [-0.2, -0.15) is 0 Å². The van der Waals surface area contributed by atoms with E-state index >= 15 is 0 Å². The van der Waals surface area contributed by atoms with E-state index in [-0.39, 0.29) is 29.7 Å². The number of hydrogen-bond acceptors (Lipinski definition) is 2. The molecule has 2 bridgehead atoms. The molecule has 1 N–H and O–H groups in total. The van der Waals surface area contributed by atoms with Gasteiger partial charge in [-0.15, -0.1) is 0 Å². The van der Waals surface area contributed by atoms with Crippen molar-refractivity contribution in [2.75, 3.05) is 7.05 Å². The van der Waals surface area contributed by atoms with E-state index in [9.17, 15) is 14.0 Å². The van der Waals surface area contributed by atoms with E-state index in [1.807, 2.05) is 17.0 Å². The molecule has 0 aliphatic carbocycles. The third-order valence-corrected chi connectivity index (χ3v) is 5.93. The minimum absolute atomic E-state index is 0.0449. The number of nitrogens with one attached hydrogen (secondary N) is 1. The van der Waals surface area contributed by atoms with E-state index in [2.05, 4.69) is 5.32 Å². The molecule has 2 unspecified atom stereocenters. The number of amides is 2. The van der Waals surface area contributed by atoms with Gasteiger partial charge in [0, 0.05) is 30.3 Å². The van der Waals surface area contributed by atoms with Gasteiger partial charge in [0.25, 0.3) is 11.8 Å². The summed E-state index contributed by atoms with van der Waals surface area (Å²) in [5.41, 5.74) is 2.34. The number of nitrogens with zero attached hydrogens (tertiary/aromatic N) is 1. The highest BCUT2D eigenvalue weighted by Gasteiger charge is 2.43. The fraction of sp³-hybridized carbons (Fsp3) is 0.364. The summed E-state index contributed by atoms with van der Waals surface area (Å²) in [6.07, 6.45) is 3.88. The van der Waals surface area contributed by atoms with Crippen LogP contribution < -0.4 is 5.32 Å². The van der Waals surface area contributed by atoms with Crippen LogP contribution in [0.5, 0.6) is 0 Å². The first-order valence-corrected chi connectivity index (χ1v) is 9.47. The maximum absolute atomic E-state index is 13.2. The molecular weight excluding hydrogens is 343 g/mol. The minimum atomic E-state index is -0.213. The summed E-state index contributed by atoms with van der Waals surface area (Å²) in [5.74, 6) is 0.0509. The molecule has 2 saturated heterocycles. The highest BCUT2D eigenvalue weighted by molar-refractivity contribution is 5.98. The molecule has 0 saturated carbocycles. The Kier molecular flexibility index (Phi) is 4.68. The Labute approximate surface area is 158 Å². The Hall–Kier alpha value is -2.69. The predicted molar refractivity (Wildman–Crippen MR) is 101 cm³/mol. The van der Waals surface area contributed by atoms with Crippen molar-refractivity contribution in [3.8, 4) is 0 Å². The van der Waals surface area contributed by atoms with Crippen LogP contribution in [0.4, 0.5) is 4.39 Å². The molecule has 4 nitrogen and oxygen atoms in total. The van der Waals surface area contributed by atoms with Crippen LogP contribution in [0.15, 0.2) is 48.5 Å². The van der Waals surface area contributed by atoms with Gasteiger partial charge in [0.15, 0.2) is 0 Å². The molecule has 140 valence electrons. The predicted octanol–water partition coefficient (Wildman–Crippen LogP) is 3.74. The van der Waals surface area contributed by atoms with Crippen LogP contribution in [0.25, 0.3) is 0 Å². The lowest BCUT2D eigenvalue weighted by molar-refractivity contribution is 0.0571. The largest absolute Gasteiger partial charge is 0.355 e. The van der Waals surface area contributed by atoms with Gasteiger partial charge in [-0.3, -0.25) is 9.59 Å². The average molecular weight is 366 g/mol. The van der Waals surface area contributed by atoms with Gasteiger partial charge in [0.1, 0.15) is 5.82 Å². The van der Waals surface area contributed by atoms with Crippen molar-refractivity contribution < 1.29 is 14.0 Å². The van der Waals surface area contributed by atoms with Crippen molar-refractivity contribution in [2.45, 2.75) is 43.7 Å². The van der Waals surface area contributed by atoms with Gasteiger partial charge in [-0.1, -0.05) is 12.1 Å². The lowest BCUT2D eigenvalue weighted by Crippen LogP contribution is -2.46. The topological polar surface area (TPSA) is 49.4 Å². The number of fused-ring (bicyclic) bond motifs is 2. The van der Waals surface area contributed by atoms with Crippen molar-refractivity contribution >= 4 is 11.8 Å². The second-order valence-electron chi connectivity index (χ2n) is 7.47. The fourth-order valence-corrected chi connectivity index (χ4v) is 4.57. The van der Waals surface area contributed by atoms with Gasteiger partial charge in [0.2, 0.25) is 0 Å². The first-order chi connectivity index (χ1) is 13.1. The summed E-state index contributed by atoms with van der Waals surface area (Å²) < 4.78 is 13.2. The zero-order valence-electron chi connectivity index (χ0n) is 15.3. The lowest BCUT2D eigenvalue weighted by atomic mass is 9.85. The third-order valence-electron chi connectivity index (χ3n) is 5.93. The van der Waals surface area contributed by atoms with Crippen LogP contribution >= 0.6 is 0 Å². The molecule has 2 heterocycles. The van der Waals surface area contributed by atoms with Crippen molar-refractivity contribution in [3.05, 3.63) is 71.0 Å². The molecule has 0 aromatic heterocycles. The van der Waals surface area contributed by atoms with Crippen LogP contribution in [-0.2, 0) is 0 Å². The highest BCUT2D eigenvalue weighted by atomic mass is 19.1. The van der Waals surface area contributed by atoms with Crippen LogP contribution in [0, 0.1) is 5.82 Å².